The third-order valence-electron chi connectivity index (χ3n) is 3.30. The van der Waals surface area contributed by atoms with Crippen LogP contribution in [-0.2, 0) is 22.4 Å². The molecule has 26 heavy (non-hydrogen) atoms. The Balaban J connectivity index is 2.55. The molecule has 0 saturated carbocycles. The van der Waals surface area contributed by atoms with E-state index in [1.165, 1.54) is 18.2 Å². The molecule has 0 atom stereocenters. The van der Waals surface area contributed by atoms with Crippen LogP contribution in [-0.4, -0.2) is 8.42 Å². The van der Waals surface area contributed by atoms with Crippen molar-refractivity contribution in [3.8, 4) is 0 Å². The van der Waals surface area contributed by atoms with Gasteiger partial charge in [0.1, 0.15) is 0 Å². The number of sulfonamides is 1. The minimum atomic E-state index is -5.14. The standard InChI is InChI=1S/C15H10BrF6NO2S/c1-8-2-3-11(7-13(8)16)23-26(24,25)12-5-9(14(17,18)19)4-10(6-12)15(20,21)22/h2-7,23H,1H3. The van der Waals surface area contributed by atoms with Gasteiger partial charge in [-0.25, -0.2) is 8.42 Å². The first-order valence-corrected chi connectivity index (χ1v) is 9.06. The van der Waals surface area contributed by atoms with Gasteiger partial charge in [0.2, 0.25) is 0 Å². The highest BCUT2D eigenvalue weighted by Crippen LogP contribution is 2.37. The third kappa shape index (κ3) is 4.70. The van der Waals surface area contributed by atoms with Gasteiger partial charge in [-0.05, 0) is 42.8 Å². The van der Waals surface area contributed by atoms with E-state index in [0.29, 0.717) is 4.47 Å². The van der Waals surface area contributed by atoms with Crippen molar-refractivity contribution < 1.29 is 34.8 Å². The number of alkyl halides is 6. The molecular weight excluding hydrogens is 452 g/mol. The van der Waals surface area contributed by atoms with E-state index in [1.54, 1.807) is 6.92 Å². The number of halogens is 7. The summed E-state index contributed by atoms with van der Waals surface area (Å²) >= 11 is 3.15. The Morgan fingerprint density at radius 2 is 1.38 bits per heavy atom. The van der Waals surface area contributed by atoms with Gasteiger partial charge in [-0.3, -0.25) is 4.72 Å². The van der Waals surface area contributed by atoms with Gasteiger partial charge in [0, 0.05) is 10.2 Å². The zero-order valence-corrected chi connectivity index (χ0v) is 15.2. The second-order valence-electron chi connectivity index (χ2n) is 5.31. The highest BCUT2D eigenvalue weighted by atomic mass is 79.9. The van der Waals surface area contributed by atoms with Crippen LogP contribution in [0.1, 0.15) is 16.7 Å². The van der Waals surface area contributed by atoms with E-state index in [-0.39, 0.29) is 23.9 Å². The number of nitrogens with one attached hydrogen (secondary N) is 1. The lowest BCUT2D eigenvalue weighted by Gasteiger charge is -2.15. The Kier molecular flexibility index (Phi) is 5.35. The van der Waals surface area contributed by atoms with Crippen molar-refractivity contribution in [3.05, 3.63) is 57.6 Å². The molecular formula is C15H10BrF6NO2S. The number of hydrogen-bond donors (Lipinski definition) is 1. The second-order valence-corrected chi connectivity index (χ2v) is 7.85. The molecule has 0 saturated heterocycles. The fraction of sp³-hybridized carbons (Fsp3) is 0.200. The summed E-state index contributed by atoms with van der Waals surface area (Å²) in [5.74, 6) is 0. The van der Waals surface area contributed by atoms with Gasteiger partial charge in [0.05, 0.1) is 16.0 Å². The monoisotopic (exact) mass is 461 g/mol. The molecule has 2 aromatic rings. The second kappa shape index (κ2) is 6.76. The maximum Gasteiger partial charge on any atom is 0.416 e. The molecule has 0 aromatic heterocycles. The van der Waals surface area contributed by atoms with Crippen molar-refractivity contribution >= 4 is 31.6 Å². The van der Waals surface area contributed by atoms with E-state index in [0.717, 1.165) is 5.56 Å². The van der Waals surface area contributed by atoms with Crippen LogP contribution in [0.15, 0.2) is 45.8 Å². The Morgan fingerprint density at radius 1 is 0.885 bits per heavy atom. The predicted octanol–water partition coefficient (Wildman–Crippen LogP) is 5.60. The molecule has 0 aliphatic carbocycles. The van der Waals surface area contributed by atoms with Crippen LogP contribution < -0.4 is 4.72 Å². The number of rotatable bonds is 3. The van der Waals surface area contributed by atoms with Crippen LogP contribution in [0, 0.1) is 6.92 Å². The van der Waals surface area contributed by atoms with Gasteiger partial charge in [-0.2, -0.15) is 26.3 Å². The van der Waals surface area contributed by atoms with E-state index in [9.17, 15) is 34.8 Å². The summed E-state index contributed by atoms with van der Waals surface area (Å²) in [4.78, 5) is -1.14. The normalized spacial score (nSPS) is 12.9. The molecule has 0 radical (unpaired) electrons. The van der Waals surface area contributed by atoms with Crippen molar-refractivity contribution in [2.24, 2.45) is 0 Å². The minimum Gasteiger partial charge on any atom is -0.280 e. The molecule has 2 rings (SSSR count). The molecule has 11 heteroatoms. The van der Waals surface area contributed by atoms with Crippen molar-refractivity contribution in [2.75, 3.05) is 4.72 Å². The Labute approximate surface area is 153 Å². The predicted molar refractivity (Wildman–Crippen MR) is 86.1 cm³/mol. The van der Waals surface area contributed by atoms with Crippen LogP contribution in [0.4, 0.5) is 32.0 Å². The van der Waals surface area contributed by atoms with Gasteiger partial charge >= 0.3 is 12.4 Å². The van der Waals surface area contributed by atoms with Crippen LogP contribution in [0.2, 0.25) is 0 Å². The zero-order valence-electron chi connectivity index (χ0n) is 12.8. The Bertz CT molecular complexity index is 906. The maximum atomic E-state index is 12.9. The molecule has 1 N–H and O–H groups in total. The maximum absolute atomic E-state index is 12.9. The number of anilines is 1. The molecule has 0 aliphatic rings. The van der Waals surface area contributed by atoms with E-state index in [2.05, 4.69) is 15.9 Å². The molecule has 2 aromatic carbocycles. The molecule has 3 nitrogen and oxygen atoms in total. The number of hydrogen-bond acceptors (Lipinski definition) is 2. The van der Waals surface area contributed by atoms with Gasteiger partial charge in [0.25, 0.3) is 10.0 Å². The molecule has 0 amide bonds. The topological polar surface area (TPSA) is 46.2 Å². The summed E-state index contributed by atoms with van der Waals surface area (Å²) < 4.78 is 104. The Hall–Kier alpha value is -1.75. The first-order valence-electron chi connectivity index (χ1n) is 6.78. The van der Waals surface area contributed by atoms with Crippen LogP contribution in [0.25, 0.3) is 0 Å². The van der Waals surface area contributed by atoms with E-state index < -0.39 is 38.4 Å². The van der Waals surface area contributed by atoms with Gasteiger partial charge < -0.3 is 0 Å². The average molecular weight is 462 g/mol. The lowest BCUT2D eigenvalue weighted by Crippen LogP contribution is -2.17. The lowest BCUT2D eigenvalue weighted by atomic mass is 10.1. The highest BCUT2D eigenvalue weighted by Gasteiger charge is 2.38. The summed E-state index contributed by atoms with van der Waals surface area (Å²) in [6.45, 7) is 1.71. The van der Waals surface area contributed by atoms with E-state index in [1.807, 2.05) is 4.72 Å². The van der Waals surface area contributed by atoms with Crippen molar-refractivity contribution in [1.82, 2.24) is 0 Å². The van der Waals surface area contributed by atoms with E-state index in [4.69, 9.17) is 0 Å². The van der Waals surface area contributed by atoms with Crippen molar-refractivity contribution in [3.63, 3.8) is 0 Å². The molecule has 0 bridgehead atoms. The first-order chi connectivity index (χ1) is 11.7. The molecule has 142 valence electrons. The SMILES string of the molecule is Cc1ccc(NS(=O)(=O)c2cc(C(F)(F)F)cc(C(F)(F)F)c2)cc1Br. The quantitative estimate of drug-likeness (QED) is 0.605. The fourth-order valence-electron chi connectivity index (χ4n) is 1.95. The largest absolute Gasteiger partial charge is 0.416 e. The van der Waals surface area contributed by atoms with Crippen molar-refractivity contribution in [2.45, 2.75) is 24.2 Å². The van der Waals surface area contributed by atoms with Gasteiger partial charge in [-0.1, -0.05) is 22.0 Å². The van der Waals surface area contributed by atoms with E-state index >= 15 is 0 Å². The molecule has 0 heterocycles. The van der Waals surface area contributed by atoms with Crippen LogP contribution in [0.5, 0.6) is 0 Å². The number of aryl methyl sites for hydroxylation is 1. The van der Waals surface area contributed by atoms with Crippen LogP contribution in [0.3, 0.4) is 0 Å². The molecule has 0 aliphatic heterocycles. The molecule has 0 spiro atoms. The summed E-state index contributed by atoms with van der Waals surface area (Å²) in [6, 6.07) is 4.36. The summed E-state index contributed by atoms with van der Waals surface area (Å²) in [7, 11) is -4.68. The van der Waals surface area contributed by atoms with Gasteiger partial charge in [0.15, 0.2) is 0 Å². The smallest absolute Gasteiger partial charge is 0.280 e. The average Bonchev–Trinajstić information content (AvgIpc) is 2.48. The Morgan fingerprint density at radius 3 is 1.81 bits per heavy atom. The molecule has 0 fully saturated rings. The third-order valence-corrected chi connectivity index (χ3v) is 5.51. The van der Waals surface area contributed by atoms with Crippen LogP contribution >= 0.6 is 15.9 Å². The summed E-state index contributed by atoms with van der Waals surface area (Å²) in [6.07, 6.45) is -10.3. The summed E-state index contributed by atoms with van der Waals surface area (Å²) in [5, 5.41) is 0. The fourth-order valence-corrected chi connectivity index (χ4v) is 3.45. The minimum absolute atomic E-state index is 0.0200. The highest BCUT2D eigenvalue weighted by molar-refractivity contribution is 9.10. The van der Waals surface area contributed by atoms with Gasteiger partial charge in [-0.15, -0.1) is 0 Å². The number of benzene rings is 2. The summed E-state index contributed by atoms with van der Waals surface area (Å²) in [5.41, 5.74) is -2.68. The lowest BCUT2D eigenvalue weighted by molar-refractivity contribution is -0.143. The molecule has 0 unspecified atom stereocenters. The first kappa shape index (κ1) is 20.6. The zero-order chi connectivity index (χ0) is 19.9. The van der Waals surface area contributed by atoms with Crippen molar-refractivity contribution in [1.29, 1.82) is 0 Å².